The first-order valence-corrected chi connectivity index (χ1v) is 11.4. The molecule has 29 heavy (non-hydrogen) atoms. The SMILES string of the molecule is CC(OC(=O)CCc1nc2sc3c(c2c(=O)[nH]1)CCCC3)C(=O)NC1CCCC1. The van der Waals surface area contributed by atoms with Gasteiger partial charge in [0.15, 0.2) is 6.10 Å². The summed E-state index contributed by atoms with van der Waals surface area (Å²) in [5.41, 5.74) is 1.03. The minimum absolute atomic E-state index is 0.0700. The predicted octanol–water partition coefficient (Wildman–Crippen LogP) is 2.79. The van der Waals surface area contributed by atoms with Gasteiger partial charge in [0.25, 0.3) is 11.5 Å². The number of hydrogen-bond acceptors (Lipinski definition) is 6. The van der Waals surface area contributed by atoms with E-state index in [2.05, 4.69) is 15.3 Å². The average Bonchev–Trinajstić information content (AvgIpc) is 3.33. The Bertz CT molecular complexity index is 974. The van der Waals surface area contributed by atoms with Crippen LogP contribution in [0.5, 0.6) is 0 Å². The van der Waals surface area contributed by atoms with Gasteiger partial charge in [-0.1, -0.05) is 12.8 Å². The van der Waals surface area contributed by atoms with Gasteiger partial charge in [-0.3, -0.25) is 14.4 Å². The van der Waals surface area contributed by atoms with E-state index in [0.29, 0.717) is 11.2 Å². The van der Waals surface area contributed by atoms with Crippen molar-refractivity contribution in [2.45, 2.75) is 83.3 Å². The van der Waals surface area contributed by atoms with E-state index in [1.165, 1.54) is 4.88 Å². The van der Waals surface area contributed by atoms with Gasteiger partial charge in [-0.2, -0.15) is 0 Å². The highest BCUT2D eigenvalue weighted by Crippen LogP contribution is 2.33. The topological polar surface area (TPSA) is 101 Å². The molecule has 2 aromatic heterocycles. The largest absolute Gasteiger partial charge is 0.453 e. The molecule has 2 heterocycles. The molecule has 0 saturated heterocycles. The molecule has 156 valence electrons. The van der Waals surface area contributed by atoms with Crippen LogP contribution in [0.1, 0.15) is 68.1 Å². The zero-order valence-corrected chi connectivity index (χ0v) is 17.5. The number of nitrogens with one attached hydrogen (secondary N) is 2. The van der Waals surface area contributed by atoms with E-state index < -0.39 is 12.1 Å². The molecular formula is C21H27N3O4S. The molecule has 0 bridgehead atoms. The number of carbonyl (C=O) groups is 2. The highest BCUT2D eigenvalue weighted by Gasteiger charge is 2.23. The van der Waals surface area contributed by atoms with E-state index in [1.54, 1.807) is 18.3 Å². The molecule has 1 fully saturated rings. The van der Waals surface area contributed by atoms with Gasteiger partial charge >= 0.3 is 5.97 Å². The van der Waals surface area contributed by atoms with Crippen LogP contribution in [0.2, 0.25) is 0 Å². The molecule has 1 atom stereocenters. The summed E-state index contributed by atoms with van der Waals surface area (Å²) >= 11 is 1.59. The van der Waals surface area contributed by atoms with Crippen LogP contribution in [-0.4, -0.2) is 34.0 Å². The van der Waals surface area contributed by atoms with E-state index in [0.717, 1.165) is 61.8 Å². The summed E-state index contributed by atoms with van der Waals surface area (Å²) < 4.78 is 5.26. The van der Waals surface area contributed by atoms with Gasteiger partial charge in [-0.05, 0) is 51.0 Å². The van der Waals surface area contributed by atoms with Crippen LogP contribution in [0.4, 0.5) is 0 Å². The Labute approximate surface area is 173 Å². The Balaban J connectivity index is 1.34. The Morgan fingerprint density at radius 3 is 2.79 bits per heavy atom. The fourth-order valence-electron chi connectivity index (χ4n) is 4.25. The minimum Gasteiger partial charge on any atom is -0.453 e. The summed E-state index contributed by atoms with van der Waals surface area (Å²) in [4.78, 5) is 46.3. The highest BCUT2D eigenvalue weighted by molar-refractivity contribution is 7.18. The second-order valence-corrected chi connectivity index (χ2v) is 9.11. The molecule has 0 spiro atoms. The third-order valence-electron chi connectivity index (χ3n) is 5.82. The van der Waals surface area contributed by atoms with Crippen molar-refractivity contribution in [2.75, 3.05) is 0 Å². The lowest BCUT2D eigenvalue weighted by Crippen LogP contribution is -2.40. The third kappa shape index (κ3) is 4.52. The van der Waals surface area contributed by atoms with Crippen LogP contribution in [0.25, 0.3) is 10.2 Å². The smallest absolute Gasteiger partial charge is 0.307 e. The molecule has 1 unspecified atom stereocenters. The first-order valence-electron chi connectivity index (χ1n) is 10.5. The first-order chi connectivity index (χ1) is 14.0. The molecule has 4 rings (SSSR count). The number of nitrogens with zero attached hydrogens (tertiary/aromatic N) is 1. The van der Waals surface area contributed by atoms with Gasteiger partial charge in [0.1, 0.15) is 10.7 Å². The Morgan fingerprint density at radius 1 is 1.24 bits per heavy atom. The van der Waals surface area contributed by atoms with Gasteiger partial charge in [-0.15, -0.1) is 11.3 Å². The summed E-state index contributed by atoms with van der Waals surface area (Å²) in [7, 11) is 0. The Morgan fingerprint density at radius 2 is 2.00 bits per heavy atom. The van der Waals surface area contributed by atoms with Gasteiger partial charge in [-0.25, -0.2) is 4.98 Å². The predicted molar refractivity (Wildman–Crippen MR) is 111 cm³/mol. The maximum atomic E-state index is 12.6. The van der Waals surface area contributed by atoms with E-state index in [4.69, 9.17) is 4.74 Å². The molecule has 7 nitrogen and oxygen atoms in total. The second-order valence-electron chi connectivity index (χ2n) is 8.03. The monoisotopic (exact) mass is 417 g/mol. The quantitative estimate of drug-likeness (QED) is 0.704. The molecule has 8 heteroatoms. The van der Waals surface area contributed by atoms with Gasteiger partial charge < -0.3 is 15.0 Å². The van der Waals surface area contributed by atoms with Crippen LogP contribution in [0, 0.1) is 0 Å². The number of H-pyrrole nitrogens is 1. The van der Waals surface area contributed by atoms with Crippen molar-refractivity contribution in [1.29, 1.82) is 0 Å². The molecule has 1 amide bonds. The Hall–Kier alpha value is -2.22. The number of carbonyl (C=O) groups excluding carboxylic acids is 2. The van der Waals surface area contributed by atoms with Crippen molar-refractivity contribution in [3.8, 4) is 0 Å². The van der Waals surface area contributed by atoms with Crippen LogP contribution in [0.3, 0.4) is 0 Å². The number of aromatic nitrogens is 2. The number of thiophene rings is 1. The number of amides is 1. The lowest BCUT2D eigenvalue weighted by molar-refractivity contribution is -0.155. The summed E-state index contributed by atoms with van der Waals surface area (Å²) in [6, 6.07) is 0.196. The molecule has 2 N–H and O–H groups in total. The Kier molecular flexibility index (Phi) is 5.99. The minimum atomic E-state index is -0.818. The molecular weight excluding hydrogens is 390 g/mol. The summed E-state index contributed by atoms with van der Waals surface area (Å²) in [5.74, 6) is -0.226. The van der Waals surface area contributed by atoms with Gasteiger partial charge in [0, 0.05) is 17.3 Å². The van der Waals surface area contributed by atoms with Crippen molar-refractivity contribution in [1.82, 2.24) is 15.3 Å². The lowest BCUT2D eigenvalue weighted by atomic mass is 9.97. The lowest BCUT2D eigenvalue weighted by Gasteiger charge is -2.17. The summed E-state index contributed by atoms with van der Waals surface area (Å²) in [5, 5.41) is 3.65. The number of ether oxygens (including phenoxy) is 1. The fraction of sp³-hybridized carbons (Fsp3) is 0.619. The van der Waals surface area contributed by atoms with Crippen molar-refractivity contribution < 1.29 is 14.3 Å². The van der Waals surface area contributed by atoms with Crippen LogP contribution >= 0.6 is 11.3 Å². The summed E-state index contributed by atoms with van der Waals surface area (Å²) in [6.07, 6.45) is 7.97. The molecule has 1 saturated carbocycles. The number of esters is 1. The number of fused-ring (bicyclic) bond motifs is 3. The maximum absolute atomic E-state index is 12.6. The zero-order valence-electron chi connectivity index (χ0n) is 16.7. The molecule has 2 aliphatic carbocycles. The van der Waals surface area contributed by atoms with E-state index >= 15 is 0 Å². The average molecular weight is 418 g/mol. The van der Waals surface area contributed by atoms with Crippen LogP contribution in [0.15, 0.2) is 4.79 Å². The molecule has 0 aromatic carbocycles. The van der Waals surface area contributed by atoms with E-state index in [1.807, 2.05) is 0 Å². The summed E-state index contributed by atoms with van der Waals surface area (Å²) in [6.45, 7) is 1.59. The van der Waals surface area contributed by atoms with Crippen molar-refractivity contribution in [2.24, 2.45) is 0 Å². The number of hydrogen-bond donors (Lipinski definition) is 2. The fourth-order valence-corrected chi connectivity index (χ4v) is 5.53. The third-order valence-corrected chi connectivity index (χ3v) is 7.00. The zero-order chi connectivity index (χ0) is 20.4. The van der Waals surface area contributed by atoms with E-state index in [-0.39, 0.29) is 30.3 Å². The molecule has 2 aliphatic rings. The van der Waals surface area contributed by atoms with Crippen molar-refractivity contribution >= 4 is 33.4 Å². The van der Waals surface area contributed by atoms with Gasteiger partial charge in [0.2, 0.25) is 0 Å². The normalized spacial score (nSPS) is 17.8. The van der Waals surface area contributed by atoms with Gasteiger partial charge in [0.05, 0.1) is 11.8 Å². The van der Waals surface area contributed by atoms with Crippen LogP contribution in [-0.2, 0) is 33.6 Å². The highest BCUT2D eigenvalue weighted by atomic mass is 32.1. The number of aryl methyl sites for hydroxylation is 3. The second kappa shape index (κ2) is 8.65. The number of aromatic amines is 1. The molecule has 0 radical (unpaired) electrons. The number of rotatable bonds is 6. The maximum Gasteiger partial charge on any atom is 0.307 e. The standard InChI is InChI=1S/C21H27N3O4S/c1-12(19(26)22-13-6-2-3-7-13)28-17(25)11-10-16-23-20(27)18-14-8-4-5-9-15(14)29-21(18)24-16/h12-13H,2-11H2,1H3,(H,22,26)(H,23,24,27). The molecule has 0 aliphatic heterocycles. The van der Waals surface area contributed by atoms with Crippen LogP contribution < -0.4 is 10.9 Å². The van der Waals surface area contributed by atoms with E-state index in [9.17, 15) is 14.4 Å². The molecule has 2 aromatic rings. The first kappa shape index (κ1) is 20.1. The van der Waals surface area contributed by atoms with Crippen molar-refractivity contribution in [3.63, 3.8) is 0 Å². The van der Waals surface area contributed by atoms with Crippen molar-refractivity contribution in [3.05, 3.63) is 26.6 Å².